The van der Waals surface area contributed by atoms with Crippen LogP contribution in [0.4, 0.5) is 0 Å². The summed E-state index contributed by atoms with van der Waals surface area (Å²) in [4.78, 5) is 30.6. The minimum atomic E-state index is 0.585. The second-order valence-electron chi connectivity index (χ2n) is 21.8. The van der Waals surface area contributed by atoms with Gasteiger partial charge in [-0.3, -0.25) is 4.57 Å². The number of rotatable bonds is 9. The van der Waals surface area contributed by atoms with E-state index in [-0.39, 0.29) is 0 Å². The average molecular weight is 1110 g/mol. The third-order valence-electron chi connectivity index (χ3n) is 16.7. The number of hydrogen-bond donors (Lipinski definition) is 0. The molecule has 8 heteroatoms. The summed E-state index contributed by atoms with van der Waals surface area (Å²) >= 11 is 1.83. The molecular weight excluding hydrogens is 1070 g/mol. The van der Waals surface area contributed by atoms with Gasteiger partial charge in [0.2, 0.25) is 5.95 Å². The summed E-state index contributed by atoms with van der Waals surface area (Å²) in [5.74, 6) is 3.75. The fraction of sp³-hybridized carbons (Fsp3) is 0. The normalized spacial score (nSPS) is 11.7. The number of aromatic nitrogens is 7. The van der Waals surface area contributed by atoms with Crippen molar-refractivity contribution in [1.82, 2.24) is 34.5 Å². The number of hydrogen-bond acceptors (Lipinski definition) is 7. The van der Waals surface area contributed by atoms with Crippen LogP contribution in [0.3, 0.4) is 0 Å². The Hall–Kier alpha value is -11.3. The summed E-state index contributed by atoms with van der Waals surface area (Å²) < 4.78 is 4.66. The third-order valence-corrected chi connectivity index (χ3v) is 17.9. The van der Waals surface area contributed by atoms with Crippen LogP contribution >= 0.6 is 11.3 Å². The maximum Gasteiger partial charge on any atom is 0.238 e. The number of thiophene rings is 1. The summed E-state index contributed by atoms with van der Waals surface area (Å²) in [7, 11) is 0. The first kappa shape index (κ1) is 49.3. The van der Waals surface area contributed by atoms with Crippen molar-refractivity contribution in [2.75, 3.05) is 0 Å². The van der Waals surface area contributed by atoms with Crippen molar-refractivity contribution >= 4 is 85.6 Å². The zero-order valence-electron chi connectivity index (χ0n) is 46.2. The highest BCUT2D eigenvalue weighted by Gasteiger charge is 2.22. The van der Waals surface area contributed by atoms with Gasteiger partial charge in [-0.15, -0.1) is 11.3 Å². The van der Waals surface area contributed by atoms with Crippen LogP contribution < -0.4 is 0 Å². The highest BCUT2D eigenvalue weighted by molar-refractivity contribution is 7.26. The lowest BCUT2D eigenvalue weighted by atomic mass is 9.90. The predicted octanol–water partition coefficient (Wildman–Crippen LogP) is 20.3. The largest absolute Gasteiger partial charge is 0.276 e. The second-order valence-corrected chi connectivity index (χ2v) is 22.8. The Bertz CT molecular complexity index is 5410. The van der Waals surface area contributed by atoms with Crippen molar-refractivity contribution in [3.8, 4) is 96.3 Å². The molecule has 7 nitrogen and oxygen atoms in total. The van der Waals surface area contributed by atoms with E-state index in [1.807, 2.05) is 108 Å². The van der Waals surface area contributed by atoms with Gasteiger partial charge in [-0.1, -0.05) is 249 Å². The highest BCUT2D eigenvalue weighted by atomic mass is 32.1. The molecule has 0 saturated heterocycles. The molecule has 13 aromatic carbocycles. The van der Waals surface area contributed by atoms with E-state index in [0.29, 0.717) is 35.1 Å². The highest BCUT2D eigenvalue weighted by Crippen LogP contribution is 2.45. The number of benzene rings is 13. The van der Waals surface area contributed by atoms with Gasteiger partial charge in [0.1, 0.15) is 0 Å². The van der Waals surface area contributed by atoms with Crippen LogP contribution in [0.2, 0.25) is 0 Å². The Labute approximate surface area is 498 Å². The molecule has 0 fully saturated rings. The minimum Gasteiger partial charge on any atom is -0.276 e. The van der Waals surface area contributed by atoms with E-state index in [1.165, 1.54) is 63.6 Å². The fourth-order valence-electron chi connectivity index (χ4n) is 12.5. The van der Waals surface area contributed by atoms with Gasteiger partial charge in [0, 0.05) is 54.1 Å². The van der Waals surface area contributed by atoms with Crippen molar-refractivity contribution in [2.45, 2.75) is 0 Å². The average Bonchev–Trinajstić information content (AvgIpc) is 1.63. The fourth-order valence-corrected chi connectivity index (χ4v) is 13.8. The number of nitrogens with zero attached hydrogens (tertiary/aromatic N) is 7. The Morgan fingerprint density at radius 1 is 0.221 bits per heavy atom. The summed E-state index contributed by atoms with van der Waals surface area (Å²) in [6.45, 7) is 0. The summed E-state index contributed by atoms with van der Waals surface area (Å²) in [6.07, 6.45) is 0. The first-order valence-electron chi connectivity index (χ1n) is 28.8. The van der Waals surface area contributed by atoms with Crippen molar-refractivity contribution in [1.29, 1.82) is 0 Å². The van der Waals surface area contributed by atoms with Gasteiger partial charge in [0.25, 0.3) is 0 Å². The predicted molar refractivity (Wildman–Crippen MR) is 356 cm³/mol. The zero-order chi connectivity index (χ0) is 56.7. The van der Waals surface area contributed by atoms with Crippen LogP contribution in [0.25, 0.3) is 171 Å². The van der Waals surface area contributed by atoms with Crippen molar-refractivity contribution in [3.63, 3.8) is 0 Å². The van der Waals surface area contributed by atoms with Crippen LogP contribution in [-0.4, -0.2) is 34.5 Å². The van der Waals surface area contributed by atoms with Crippen molar-refractivity contribution < 1.29 is 0 Å². The minimum absolute atomic E-state index is 0.585. The van der Waals surface area contributed by atoms with Gasteiger partial charge < -0.3 is 0 Å². The lowest BCUT2D eigenvalue weighted by Gasteiger charge is -2.14. The van der Waals surface area contributed by atoms with Crippen molar-refractivity contribution in [2.24, 2.45) is 0 Å². The molecule has 0 bridgehead atoms. The van der Waals surface area contributed by atoms with Crippen LogP contribution in [0, 0.1) is 0 Å². The number of fused-ring (bicyclic) bond motifs is 13. The maximum absolute atomic E-state index is 5.26. The molecule has 0 aliphatic carbocycles. The standard InChI is InChI=1S/C78H47N7S/c1-5-19-48(20-6-1)73-79-74(49-21-7-2-8-22-49)81-77(80-73)58-30-18-29-54(44-58)52-27-17-28-53(43-52)55-36-39-62-67(45-55)60-32-14-13-31-59(60)61-38-35-56(46-68(61)62)57-37-40-64-66-42-41-65-63-33-15-16-34-69(63)85(71(65)72(66)86-70(64)47-57)78-83-75(50-23-9-3-10-24-50)82-76(84-78)51-25-11-4-12-26-51/h1-47H. The smallest absolute Gasteiger partial charge is 0.238 e. The lowest BCUT2D eigenvalue weighted by Crippen LogP contribution is -2.06. The van der Waals surface area contributed by atoms with Crippen LogP contribution in [-0.2, 0) is 0 Å². The lowest BCUT2D eigenvalue weighted by molar-refractivity contribution is 0.955. The summed E-state index contributed by atoms with van der Waals surface area (Å²) in [5.41, 5.74) is 13.6. The van der Waals surface area contributed by atoms with E-state index in [0.717, 1.165) is 71.9 Å². The van der Waals surface area contributed by atoms with Crippen molar-refractivity contribution in [3.05, 3.63) is 285 Å². The molecule has 0 spiro atoms. The Balaban J connectivity index is 0.756. The molecule has 17 rings (SSSR count). The Morgan fingerprint density at radius 3 is 1.10 bits per heavy atom. The van der Waals surface area contributed by atoms with E-state index in [9.17, 15) is 0 Å². The third kappa shape index (κ3) is 8.41. The van der Waals surface area contributed by atoms with Gasteiger partial charge in [-0.05, 0) is 102 Å². The van der Waals surface area contributed by atoms with E-state index in [2.05, 4.69) is 193 Å². The van der Waals surface area contributed by atoms with Crippen LogP contribution in [0.1, 0.15) is 0 Å². The van der Waals surface area contributed by atoms with Gasteiger partial charge in [0.05, 0.1) is 15.7 Å². The molecule has 0 radical (unpaired) electrons. The number of para-hydroxylation sites is 1. The van der Waals surface area contributed by atoms with Crippen LogP contribution in [0.15, 0.2) is 285 Å². The molecule has 0 N–H and O–H groups in total. The van der Waals surface area contributed by atoms with E-state index < -0.39 is 0 Å². The molecule has 86 heavy (non-hydrogen) atoms. The van der Waals surface area contributed by atoms with Gasteiger partial charge >= 0.3 is 0 Å². The van der Waals surface area contributed by atoms with E-state index in [4.69, 9.17) is 29.9 Å². The molecule has 0 saturated carbocycles. The van der Waals surface area contributed by atoms with Gasteiger partial charge in [-0.25, -0.2) is 19.9 Å². The first-order valence-corrected chi connectivity index (χ1v) is 29.6. The molecule has 0 atom stereocenters. The zero-order valence-corrected chi connectivity index (χ0v) is 47.0. The molecule has 0 unspecified atom stereocenters. The van der Waals surface area contributed by atoms with Crippen LogP contribution in [0.5, 0.6) is 0 Å². The molecule has 4 aromatic heterocycles. The maximum atomic E-state index is 5.26. The molecular formula is C78H47N7S. The quantitative estimate of drug-likeness (QED) is 0.134. The SMILES string of the molecule is c1ccc(-c2nc(-c3ccccc3)nc(-c3cccc(-c4cccc(-c5ccc6c(c5)c5ccccc5c5ccc(-c7ccc8c(c7)sc7c8ccc8c9ccccc9n(-c9nc(-c%10ccccc%10)nc(-c%10ccccc%10)n9)c87)cc56)c4)c3)n2)cc1. The first-order chi connectivity index (χ1) is 42.6. The molecule has 0 aliphatic rings. The van der Waals surface area contributed by atoms with E-state index in [1.54, 1.807) is 0 Å². The molecule has 0 amide bonds. The topological polar surface area (TPSA) is 82.3 Å². The second kappa shape index (κ2) is 20.2. The molecule has 0 aliphatic heterocycles. The Morgan fingerprint density at radius 2 is 0.570 bits per heavy atom. The van der Waals surface area contributed by atoms with Gasteiger partial charge in [0.15, 0.2) is 29.1 Å². The molecule has 400 valence electrons. The Kier molecular flexibility index (Phi) is 11.6. The van der Waals surface area contributed by atoms with E-state index >= 15 is 0 Å². The summed E-state index contributed by atoms with van der Waals surface area (Å²) in [5, 5.41) is 12.1. The molecule has 17 aromatic rings. The molecule has 4 heterocycles. The van der Waals surface area contributed by atoms with Gasteiger partial charge in [-0.2, -0.15) is 9.97 Å². The summed E-state index contributed by atoms with van der Waals surface area (Å²) in [6, 6.07) is 101. The monoisotopic (exact) mass is 1110 g/mol.